The van der Waals surface area contributed by atoms with Crippen molar-refractivity contribution in [3.05, 3.63) is 25.6 Å². The van der Waals surface area contributed by atoms with Crippen LogP contribution < -0.4 is 5.56 Å². The summed E-state index contributed by atoms with van der Waals surface area (Å²) in [5.41, 5.74) is 1.10. The van der Waals surface area contributed by atoms with Crippen LogP contribution in [-0.4, -0.2) is 21.1 Å². The first-order chi connectivity index (χ1) is 8.45. The molecule has 0 amide bonds. The molecule has 98 valence electrons. The maximum absolute atomic E-state index is 12.5. The van der Waals surface area contributed by atoms with E-state index in [2.05, 4.69) is 11.9 Å². The molecule has 0 fully saturated rings. The van der Waals surface area contributed by atoms with E-state index in [-0.39, 0.29) is 5.56 Å². The fourth-order valence-electron chi connectivity index (χ4n) is 1.86. The highest BCUT2D eigenvalue weighted by molar-refractivity contribution is 7.99. The van der Waals surface area contributed by atoms with Gasteiger partial charge >= 0.3 is 0 Å². The lowest BCUT2D eigenvalue weighted by molar-refractivity contribution is 0.650. The van der Waals surface area contributed by atoms with Gasteiger partial charge in [-0.2, -0.15) is 11.8 Å². The Kier molecular flexibility index (Phi) is 3.99. The maximum atomic E-state index is 12.5. The van der Waals surface area contributed by atoms with E-state index >= 15 is 0 Å². The smallest absolute Gasteiger partial charge is 0.263 e. The third-order valence-electron chi connectivity index (χ3n) is 3.15. The van der Waals surface area contributed by atoms with E-state index in [4.69, 9.17) is 12.2 Å². The van der Waals surface area contributed by atoms with Gasteiger partial charge in [-0.15, -0.1) is 11.3 Å². The molecule has 2 aromatic heterocycles. The zero-order valence-corrected chi connectivity index (χ0v) is 13.3. The summed E-state index contributed by atoms with van der Waals surface area (Å²) in [6, 6.07) is 0. The average molecular weight is 300 g/mol. The second-order valence-corrected chi connectivity index (χ2v) is 7.27. The minimum absolute atomic E-state index is 0.0384. The summed E-state index contributed by atoms with van der Waals surface area (Å²) in [5.74, 6) is 0. The van der Waals surface area contributed by atoms with Crippen molar-refractivity contribution < 1.29 is 0 Å². The van der Waals surface area contributed by atoms with Crippen molar-refractivity contribution in [2.24, 2.45) is 0 Å². The van der Waals surface area contributed by atoms with Crippen LogP contribution in [0.15, 0.2) is 4.79 Å². The average Bonchev–Trinajstić information content (AvgIpc) is 2.60. The second-order valence-electron chi connectivity index (χ2n) is 4.38. The summed E-state index contributed by atoms with van der Waals surface area (Å²) in [7, 11) is 0. The highest BCUT2D eigenvalue weighted by Gasteiger charge is 2.13. The molecule has 2 heterocycles. The number of thioether (sulfide) groups is 1. The Morgan fingerprint density at radius 2 is 2.17 bits per heavy atom. The Labute approximate surface area is 119 Å². The summed E-state index contributed by atoms with van der Waals surface area (Å²) in [6.45, 7) is 6.78. The Morgan fingerprint density at radius 1 is 1.50 bits per heavy atom. The molecule has 3 nitrogen and oxygen atoms in total. The molecule has 0 aliphatic rings. The molecule has 0 saturated carbocycles. The zero-order chi connectivity index (χ0) is 13.4. The van der Waals surface area contributed by atoms with Gasteiger partial charge in [0, 0.05) is 16.7 Å². The highest BCUT2D eigenvalue weighted by Crippen LogP contribution is 2.25. The van der Waals surface area contributed by atoms with Gasteiger partial charge in [-0.05, 0) is 37.9 Å². The van der Waals surface area contributed by atoms with Crippen LogP contribution in [0.3, 0.4) is 0 Å². The molecule has 1 atom stereocenters. The SMILES string of the molecule is CSC(C)Cn1c(=S)[nH]c2sc(C)c(C)c2c1=O. The summed E-state index contributed by atoms with van der Waals surface area (Å²) < 4.78 is 2.20. The number of rotatable bonds is 3. The number of aromatic nitrogens is 2. The van der Waals surface area contributed by atoms with E-state index in [0.717, 1.165) is 15.8 Å². The molecule has 0 saturated heterocycles. The quantitative estimate of drug-likeness (QED) is 0.882. The number of hydrogen-bond donors (Lipinski definition) is 1. The topological polar surface area (TPSA) is 37.8 Å². The fraction of sp³-hybridized carbons (Fsp3) is 0.500. The van der Waals surface area contributed by atoms with Gasteiger partial charge in [-0.25, -0.2) is 0 Å². The first-order valence-corrected chi connectivity index (χ1v) is 8.22. The van der Waals surface area contributed by atoms with Gasteiger partial charge in [0.2, 0.25) is 0 Å². The van der Waals surface area contributed by atoms with Crippen LogP contribution >= 0.6 is 35.3 Å². The van der Waals surface area contributed by atoms with Gasteiger partial charge in [0.25, 0.3) is 5.56 Å². The molecule has 0 spiro atoms. The zero-order valence-electron chi connectivity index (χ0n) is 10.9. The van der Waals surface area contributed by atoms with Crippen molar-refractivity contribution in [3.8, 4) is 0 Å². The van der Waals surface area contributed by atoms with Crippen molar-refractivity contribution in [1.82, 2.24) is 9.55 Å². The van der Waals surface area contributed by atoms with Crippen molar-refractivity contribution in [1.29, 1.82) is 0 Å². The first kappa shape index (κ1) is 13.8. The largest absolute Gasteiger partial charge is 0.323 e. The molecule has 0 aliphatic carbocycles. The monoisotopic (exact) mass is 300 g/mol. The highest BCUT2D eigenvalue weighted by atomic mass is 32.2. The van der Waals surface area contributed by atoms with Crippen LogP contribution in [0.2, 0.25) is 0 Å². The number of H-pyrrole nitrogens is 1. The van der Waals surface area contributed by atoms with E-state index in [9.17, 15) is 4.79 Å². The van der Waals surface area contributed by atoms with Crippen molar-refractivity contribution in [2.75, 3.05) is 6.26 Å². The number of aromatic amines is 1. The summed E-state index contributed by atoms with van der Waals surface area (Å²) in [5, 5.41) is 1.16. The molecule has 0 bridgehead atoms. The molecule has 0 aliphatic heterocycles. The number of nitrogens with one attached hydrogen (secondary N) is 1. The molecule has 1 N–H and O–H groups in total. The van der Waals surface area contributed by atoms with Crippen LogP contribution in [0.1, 0.15) is 17.4 Å². The molecular formula is C12H16N2OS3. The first-order valence-electron chi connectivity index (χ1n) is 5.71. The molecular weight excluding hydrogens is 284 g/mol. The van der Waals surface area contributed by atoms with Crippen LogP contribution in [0, 0.1) is 18.6 Å². The number of hydrogen-bond acceptors (Lipinski definition) is 4. The molecule has 18 heavy (non-hydrogen) atoms. The third-order valence-corrected chi connectivity index (χ3v) is 5.55. The van der Waals surface area contributed by atoms with Crippen LogP contribution in [0.5, 0.6) is 0 Å². The van der Waals surface area contributed by atoms with E-state index in [1.165, 1.54) is 4.88 Å². The normalized spacial score (nSPS) is 13.1. The van der Waals surface area contributed by atoms with Crippen molar-refractivity contribution >= 4 is 45.5 Å². The number of aryl methyl sites for hydroxylation is 2. The Bertz CT molecular complexity index is 696. The van der Waals surface area contributed by atoms with Crippen molar-refractivity contribution in [2.45, 2.75) is 32.6 Å². The van der Waals surface area contributed by atoms with Crippen LogP contribution in [-0.2, 0) is 6.54 Å². The minimum atomic E-state index is 0.0384. The van der Waals surface area contributed by atoms with E-state index in [1.807, 2.05) is 20.1 Å². The lowest BCUT2D eigenvalue weighted by Gasteiger charge is -2.11. The standard InChI is InChI=1S/C12H16N2OS3/c1-6(17-4)5-14-11(15)9-7(2)8(3)18-10(9)13-12(14)16/h6H,5H2,1-4H3,(H,13,16). The molecule has 1 unspecified atom stereocenters. The van der Waals surface area contributed by atoms with Gasteiger partial charge in [0.1, 0.15) is 4.83 Å². The molecule has 2 aromatic rings. The summed E-state index contributed by atoms with van der Waals surface area (Å²) in [4.78, 5) is 17.8. The second kappa shape index (κ2) is 5.19. The number of fused-ring (bicyclic) bond motifs is 1. The van der Waals surface area contributed by atoms with E-state index in [0.29, 0.717) is 16.6 Å². The Balaban J connectivity index is 2.72. The molecule has 2 rings (SSSR count). The van der Waals surface area contributed by atoms with Crippen molar-refractivity contribution in [3.63, 3.8) is 0 Å². The number of thiophene rings is 1. The van der Waals surface area contributed by atoms with Gasteiger partial charge < -0.3 is 4.98 Å². The fourth-order valence-corrected chi connectivity index (χ4v) is 3.54. The van der Waals surface area contributed by atoms with Gasteiger partial charge in [0.15, 0.2) is 4.77 Å². The summed E-state index contributed by atoms with van der Waals surface area (Å²) >= 11 is 8.62. The lowest BCUT2D eigenvalue weighted by Crippen LogP contribution is -2.25. The maximum Gasteiger partial charge on any atom is 0.263 e. The number of nitrogens with zero attached hydrogens (tertiary/aromatic N) is 1. The van der Waals surface area contributed by atoms with E-state index in [1.54, 1.807) is 27.7 Å². The lowest BCUT2D eigenvalue weighted by atomic mass is 10.2. The Morgan fingerprint density at radius 3 is 2.78 bits per heavy atom. The molecule has 0 aromatic carbocycles. The van der Waals surface area contributed by atoms with Gasteiger partial charge in [0.05, 0.1) is 5.39 Å². The van der Waals surface area contributed by atoms with Gasteiger partial charge in [-0.1, -0.05) is 6.92 Å². The van der Waals surface area contributed by atoms with Crippen LogP contribution in [0.4, 0.5) is 0 Å². The predicted molar refractivity (Wildman–Crippen MR) is 83.7 cm³/mol. The third kappa shape index (κ3) is 2.29. The van der Waals surface area contributed by atoms with E-state index < -0.39 is 0 Å². The van der Waals surface area contributed by atoms with Crippen LogP contribution in [0.25, 0.3) is 10.2 Å². The minimum Gasteiger partial charge on any atom is -0.323 e. The summed E-state index contributed by atoms with van der Waals surface area (Å²) in [6.07, 6.45) is 2.04. The van der Waals surface area contributed by atoms with Gasteiger partial charge in [-0.3, -0.25) is 9.36 Å². The predicted octanol–water partition coefficient (Wildman–Crippen LogP) is 3.49. The Hall–Kier alpha value is -0.590. The molecule has 6 heteroatoms. The molecule has 0 radical (unpaired) electrons.